The molecule has 6 nitrogen and oxygen atoms in total. The van der Waals surface area contributed by atoms with Gasteiger partial charge < -0.3 is 5.32 Å². The molecule has 4 rings (SSSR count). The second-order valence-electron chi connectivity index (χ2n) is 6.67. The molecular weight excluding hydrogens is 357 g/mol. The van der Waals surface area contributed by atoms with Crippen LogP contribution in [0.15, 0.2) is 54.6 Å². The fourth-order valence-corrected chi connectivity index (χ4v) is 3.06. The highest BCUT2D eigenvalue weighted by molar-refractivity contribution is 5.89. The van der Waals surface area contributed by atoms with Gasteiger partial charge in [-0.2, -0.15) is 4.98 Å². The van der Waals surface area contributed by atoms with Crippen molar-refractivity contribution in [2.24, 2.45) is 0 Å². The number of anilines is 2. The Morgan fingerprint density at radius 3 is 2.57 bits per heavy atom. The van der Waals surface area contributed by atoms with Crippen LogP contribution >= 0.6 is 0 Å². The number of aromatic nitrogens is 3. The second kappa shape index (κ2) is 7.26. The number of nitrogens with one attached hydrogen (secondary N) is 2. The second-order valence-corrected chi connectivity index (χ2v) is 6.67. The van der Waals surface area contributed by atoms with Gasteiger partial charge >= 0.3 is 0 Å². The minimum atomic E-state index is -0.296. The molecule has 0 saturated carbocycles. The van der Waals surface area contributed by atoms with E-state index in [4.69, 9.17) is 0 Å². The third-order valence-electron chi connectivity index (χ3n) is 4.61. The van der Waals surface area contributed by atoms with Gasteiger partial charge in [-0.15, -0.1) is 5.10 Å². The van der Waals surface area contributed by atoms with Crippen molar-refractivity contribution in [3.05, 3.63) is 77.1 Å². The Kier molecular flexibility index (Phi) is 4.65. The molecule has 0 fully saturated rings. The van der Waals surface area contributed by atoms with Crippen LogP contribution < -0.4 is 10.6 Å². The number of carbonyl (C=O) groups excluding carboxylic acids is 1. The summed E-state index contributed by atoms with van der Waals surface area (Å²) < 4.78 is 15.1. The van der Waals surface area contributed by atoms with Crippen LogP contribution in [0.5, 0.6) is 0 Å². The number of hydrogen-bond acceptors (Lipinski definition) is 4. The number of halogens is 1. The maximum absolute atomic E-state index is 13.4. The zero-order valence-corrected chi connectivity index (χ0v) is 15.6. The number of allylic oxidation sites excluding steroid dienone is 1. The lowest BCUT2D eigenvalue weighted by molar-refractivity contribution is -0.115. The zero-order chi connectivity index (χ0) is 19.7. The Bertz CT molecular complexity index is 1040. The van der Waals surface area contributed by atoms with Crippen LogP contribution in [0.3, 0.4) is 0 Å². The minimum absolute atomic E-state index is 0.159. The zero-order valence-electron chi connectivity index (χ0n) is 15.6. The molecule has 7 heteroatoms. The van der Waals surface area contributed by atoms with E-state index < -0.39 is 0 Å². The van der Waals surface area contributed by atoms with Crippen molar-refractivity contribution >= 4 is 23.5 Å². The number of rotatable bonds is 4. The van der Waals surface area contributed by atoms with Crippen LogP contribution in [0.4, 0.5) is 16.3 Å². The first-order valence-electron chi connectivity index (χ1n) is 9.11. The monoisotopic (exact) mass is 377 g/mol. The van der Waals surface area contributed by atoms with E-state index in [1.807, 2.05) is 37.3 Å². The molecule has 1 atom stereocenters. The number of amides is 1. The summed E-state index contributed by atoms with van der Waals surface area (Å²) in [6.07, 6.45) is 2.36. The maximum atomic E-state index is 13.4. The summed E-state index contributed by atoms with van der Waals surface area (Å²) in [5.74, 6) is 0.293. The topological polar surface area (TPSA) is 71.8 Å². The van der Waals surface area contributed by atoms with Gasteiger partial charge in [-0.3, -0.25) is 10.1 Å². The molecule has 0 saturated heterocycles. The third-order valence-corrected chi connectivity index (χ3v) is 4.61. The van der Waals surface area contributed by atoms with Gasteiger partial charge in [0.25, 0.3) is 5.95 Å². The van der Waals surface area contributed by atoms with Gasteiger partial charge in [0.1, 0.15) is 11.9 Å². The van der Waals surface area contributed by atoms with Crippen molar-refractivity contribution < 1.29 is 9.18 Å². The predicted octanol–water partition coefficient (Wildman–Crippen LogP) is 4.13. The largest absolute Gasteiger partial charge is 0.324 e. The molecule has 0 spiro atoms. The number of carbonyl (C=O) groups is 1. The maximum Gasteiger partial charge on any atom is 0.250 e. The summed E-state index contributed by atoms with van der Waals surface area (Å²) in [4.78, 5) is 16.1. The fourth-order valence-electron chi connectivity index (χ4n) is 3.06. The van der Waals surface area contributed by atoms with Crippen LogP contribution in [-0.4, -0.2) is 20.7 Å². The highest BCUT2D eigenvalue weighted by Gasteiger charge is 2.25. The SMILES string of the molecule is CCC(=O)Nc1nc2n(n1)[C@H](c1ccc(F)cc1)C=C(c1ccc(C)cc1)N2. The Hall–Kier alpha value is -3.48. The summed E-state index contributed by atoms with van der Waals surface area (Å²) in [5.41, 5.74) is 3.92. The van der Waals surface area contributed by atoms with Gasteiger partial charge in [0.15, 0.2) is 0 Å². The van der Waals surface area contributed by atoms with Crippen molar-refractivity contribution in [1.29, 1.82) is 0 Å². The van der Waals surface area contributed by atoms with Crippen LogP contribution in [-0.2, 0) is 4.79 Å². The highest BCUT2D eigenvalue weighted by atomic mass is 19.1. The summed E-state index contributed by atoms with van der Waals surface area (Å²) in [5, 5.41) is 10.4. The molecule has 2 heterocycles. The molecule has 1 amide bonds. The molecular formula is C21H20FN5O. The van der Waals surface area contributed by atoms with Crippen LogP contribution in [0.1, 0.15) is 36.1 Å². The number of nitrogens with zero attached hydrogens (tertiary/aromatic N) is 3. The summed E-state index contributed by atoms with van der Waals surface area (Å²) in [6.45, 7) is 3.80. The first kappa shape index (κ1) is 17.9. The lowest BCUT2D eigenvalue weighted by atomic mass is 10.0. The average Bonchev–Trinajstić information content (AvgIpc) is 3.10. The Balaban J connectivity index is 1.77. The molecule has 2 aromatic carbocycles. The van der Waals surface area contributed by atoms with E-state index in [-0.39, 0.29) is 23.7 Å². The van der Waals surface area contributed by atoms with Gasteiger partial charge in [0.2, 0.25) is 11.9 Å². The fraction of sp³-hybridized carbons (Fsp3) is 0.190. The van der Waals surface area contributed by atoms with E-state index in [1.165, 1.54) is 17.7 Å². The van der Waals surface area contributed by atoms with Crippen LogP contribution in [0.25, 0.3) is 5.70 Å². The molecule has 0 radical (unpaired) electrons. The quantitative estimate of drug-likeness (QED) is 0.717. The molecule has 28 heavy (non-hydrogen) atoms. The number of fused-ring (bicyclic) bond motifs is 1. The van der Waals surface area contributed by atoms with Crippen molar-refractivity contribution in [2.75, 3.05) is 10.6 Å². The number of benzene rings is 2. The van der Waals surface area contributed by atoms with Gasteiger partial charge in [0, 0.05) is 12.1 Å². The van der Waals surface area contributed by atoms with Gasteiger partial charge in [0.05, 0.1) is 0 Å². The molecule has 0 bridgehead atoms. The molecule has 1 aliphatic heterocycles. The van der Waals surface area contributed by atoms with E-state index in [0.717, 1.165) is 16.8 Å². The molecule has 3 aromatic rings. The molecule has 1 aromatic heterocycles. The predicted molar refractivity (Wildman–Crippen MR) is 106 cm³/mol. The van der Waals surface area contributed by atoms with Gasteiger partial charge in [-0.1, -0.05) is 48.9 Å². The first-order valence-corrected chi connectivity index (χ1v) is 9.11. The lowest BCUT2D eigenvalue weighted by Crippen LogP contribution is -2.20. The van der Waals surface area contributed by atoms with Crippen molar-refractivity contribution in [3.63, 3.8) is 0 Å². The van der Waals surface area contributed by atoms with E-state index in [9.17, 15) is 9.18 Å². The Morgan fingerprint density at radius 2 is 1.89 bits per heavy atom. The molecule has 0 aliphatic carbocycles. The number of hydrogen-bond donors (Lipinski definition) is 2. The smallest absolute Gasteiger partial charge is 0.250 e. The molecule has 2 N–H and O–H groups in total. The molecule has 142 valence electrons. The molecule has 1 aliphatic rings. The standard InChI is InChI=1S/C21H20FN5O/c1-3-19(28)24-20-25-21-23-17(14-6-4-13(2)5-7-14)12-18(27(21)26-20)15-8-10-16(22)11-9-15/h4-12,18H,3H2,1-2H3,(H2,23,24,25,26,28)/t18-/m0/s1. The summed E-state index contributed by atoms with van der Waals surface area (Å²) >= 11 is 0. The Morgan fingerprint density at radius 1 is 1.18 bits per heavy atom. The van der Waals surface area contributed by atoms with Crippen LogP contribution in [0.2, 0.25) is 0 Å². The van der Waals surface area contributed by atoms with Gasteiger partial charge in [-0.05, 0) is 36.3 Å². The van der Waals surface area contributed by atoms with E-state index in [2.05, 4.69) is 20.7 Å². The lowest BCUT2D eigenvalue weighted by Gasteiger charge is -2.24. The van der Waals surface area contributed by atoms with Gasteiger partial charge in [-0.25, -0.2) is 9.07 Å². The average molecular weight is 377 g/mol. The number of aryl methyl sites for hydroxylation is 1. The van der Waals surface area contributed by atoms with Crippen molar-refractivity contribution in [2.45, 2.75) is 26.3 Å². The summed E-state index contributed by atoms with van der Waals surface area (Å²) in [6, 6.07) is 14.2. The van der Waals surface area contributed by atoms with E-state index in [1.54, 1.807) is 23.7 Å². The third kappa shape index (κ3) is 3.51. The normalized spacial score (nSPS) is 15.4. The van der Waals surface area contributed by atoms with Crippen molar-refractivity contribution in [1.82, 2.24) is 14.8 Å². The first-order chi connectivity index (χ1) is 13.5. The summed E-state index contributed by atoms with van der Waals surface area (Å²) in [7, 11) is 0. The minimum Gasteiger partial charge on any atom is -0.324 e. The van der Waals surface area contributed by atoms with Crippen molar-refractivity contribution in [3.8, 4) is 0 Å². The molecule has 0 unspecified atom stereocenters. The highest BCUT2D eigenvalue weighted by Crippen LogP contribution is 2.33. The van der Waals surface area contributed by atoms with Crippen LogP contribution in [0, 0.1) is 12.7 Å². The Labute approximate surface area is 162 Å². The van der Waals surface area contributed by atoms with E-state index in [0.29, 0.717) is 12.4 Å². The van der Waals surface area contributed by atoms with E-state index >= 15 is 0 Å².